The van der Waals surface area contributed by atoms with Gasteiger partial charge in [-0.05, 0) is 34.9 Å². The Bertz CT molecular complexity index is 1800. The van der Waals surface area contributed by atoms with Crippen LogP contribution in [-0.4, -0.2) is 0 Å². The van der Waals surface area contributed by atoms with Crippen molar-refractivity contribution in [2.45, 2.75) is 0 Å². The van der Waals surface area contributed by atoms with Gasteiger partial charge in [0, 0.05) is 36.9 Å². The molecule has 0 radical (unpaired) electrons. The van der Waals surface area contributed by atoms with E-state index in [9.17, 15) is 0 Å². The smallest absolute Gasteiger partial charge is 0.136 e. The van der Waals surface area contributed by atoms with Gasteiger partial charge in [0.25, 0.3) is 0 Å². The molecule has 0 amide bonds. The lowest BCUT2D eigenvalue weighted by atomic mass is 9.99. The van der Waals surface area contributed by atoms with Gasteiger partial charge in [-0.25, -0.2) is 0 Å². The van der Waals surface area contributed by atoms with Gasteiger partial charge in [-0.2, -0.15) is 0 Å². The first kappa shape index (κ1) is 19.3. The largest absolute Gasteiger partial charge is 0.456 e. The molecule has 0 fully saturated rings. The van der Waals surface area contributed by atoms with Crippen molar-refractivity contribution in [1.82, 2.24) is 0 Å². The first-order valence-electron chi connectivity index (χ1n) is 11.4. The SMILES string of the molecule is c1ccc(-c2cccc(-c3sc(-c4cccc5oc6ccccc6c45)c4ccccc34)c2)cc1. The maximum absolute atomic E-state index is 6.19. The fourth-order valence-corrected chi connectivity index (χ4v) is 6.24. The van der Waals surface area contributed by atoms with Crippen molar-refractivity contribution in [3.8, 4) is 32.0 Å². The minimum Gasteiger partial charge on any atom is -0.456 e. The van der Waals surface area contributed by atoms with E-state index in [1.807, 2.05) is 23.5 Å². The van der Waals surface area contributed by atoms with Crippen LogP contribution in [0.3, 0.4) is 0 Å². The fourth-order valence-electron chi connectivity index (χ4n) is 4.94. The predicted molar refractivity (Wildman–Crippen MR) is 145 cm³/mol. The van der Waals surface area contributed by atoms with Crippen molar-refractivity contribution < 1.29 is 4.42 Å². The third-order valence-corrected chi connectivity index (χ3v) is 7.80. The van der Waals surface area contributed by atoms with Gasteiger partial charge in [-0.15, -0.1) is 11.3 Å². The van der Waals surface area contributed by atoms with Gasteiger partial charge >= 0.3 is 0 Å². The maximum atomic E-state index is 6.19. The van der Waals surface area contributed by atoms with E-state index in [2.05, 4.69) is 109 Å². The van der Waals surface area contributed by atoms with Crippen molar-refractivity contribution in [2.24, 2.45) is 0 Å². The van der Waals surface area contributed by atoms with Crippen molar-refractivity contribution in [2.75, 3.05) is 0 Å². The molecule has 34 heavy (non-hydrogen) atoms. The van der Waals surface area contributed by atoms with Crippen molar-refractivity contribution in [1.29, 1.82) is 0 Å². The van der Waals surface area contributed by atoms with Crippen LogP contribution >= 0.6 is 11.3 Å². The zero-order valence-electron chi connectivity index (χ0n) is 18.4. The molecule has 2 aromatic heterocycles. The summed E-state index contributed by atoms with van der Waals surface area (Å²) in [6.07, 6.45) is 0. The van der Waals surface area contributed by atoms with Crippen molar-refractivity contribution >= 4 is 44.0 Å². The third-order valence-electron chi connectivity index (χ3n) is 6.50. The molecule has 0 saturated carbocycles. The highest BCUT2D eigenvalue weighted by Crippen LogP contribution is 2.47. The molecular weight excluding hydrogens is 432 g/mol. The van der Waals surface area contributed by atoms with Crippen molar-refractivity contribution in [3.05, 3.63) is 121 Å². The summed E-state index contributed by atoms with van der Waals surface area (Å²) in [6, 6.07) is 42.9. The second kappa shape index (κ2) is 7.72. The van der Waals surface area contributed by atoms with Gasteiger partial charge < -0.3 is 4.42 Å². The Hall–Kier alpha value is -4.14. The Labute approximate surface area is 201 Å². The highest BCUT2D eigenvalue weighted by Gasteiger charge is 2.18. The first-order chi connectivity index (χ1) is 16.9. The number of benzene rings is 5. The molecule has 0 bridgehead atoms. The summed E-state index contributed by atoms with van der Waals surface area (Å²) in [5.41, 5.74) is 6.82. The second-order valence-electron chi connectivity index (χ2n) is 8.53. The Morgan fingerprint density at radius 1 is 0.441 bits per heavy atom. The Morgan fingerprint density at radius 3 is 1.91 bits per heavy atom. The normalized spacial score (nSPS) is 11.5. The summed E-state index contributed by atoms with van der Waals surface area (Å²) in [7, 11) is 0. The van der Waals surface area contributed by atoms with Crippen molar-refractivity contribution in [3.63, 3.8) is 0 Å². The molecule has 7 aromatic rings. The van der Waals surface area contributed by atoms with Crippen LogP contribution in [0.25, 0.3) is 64.7 Å². The highest BCUT2D eigenvalue weighted by atomic mass is 32.1. The molecule has 0 spiro atoms. The Kier molecular flexibility index (Phi) is 4.39. The number of thiophene rings is 1. The summed E-state index contributed by atoms with van der Waals surface area (Å²) in [4.78, 5) is 2.58. The molecule has 0 aliphatic rings. The van der Waals surface area contributed by atoms with Crippen LogP contribution in [0.2, 0.25) is 0 Å². The van der Waals surface area contributed by atoms with E-state index in [1.54, 1.807) is 0 Å². The Morgan fingerprint density at radius 2 is 1.06 bits per heavy atom. The molecule has 7 rings (SSSR count). The monoisotopic (exact) mass is 452 g/mol. The molecule has 0 atom stereocenters. The van der Waals surface area contributed by atoms with Gasteiger partial charge in [0.15, 0.2) is 0 Å². The molecule has 160 valence electrons. The van der Waals surface area contributed by atoms with Crippen LogP contribution in [0.4, 0.5) is 0 Å². The molecule has 1 nitrogen and oxygen atoms in total. The highest BCUT2D eigenvalue weighted by molar-refractivity contribution is 7.21. The summed E-state index contributed by atoms with van der Waals surface area (Å²) >= 11 is 1.87. The molecule has 5 aromatic carbocycles. The third kappa shape index (κ3) is 3.00. The summed E-state index contributed by atoms with van der Waals surface area (Å²) in [5, 5.41) is 4.93. The number of hydrogen-bond donors (Lipinski definition) is 0. The number of furan rings is 1. The van der Waals surface area contributed by atoms with Crippen LogP contribution in [0.1, 0.15) is 0 Å². The second-order valence-corrected chi connectivity index (χ2v) is 9.55. The van der Waals surface area contributed by atoms with Gasteiger partial charge in [0.1, 0.15) is 11.2 Å². The molecule has 0 aliphatic heterocycles. The number of rotatable bonds is 3. The minimum atomic E-state index is 0.932. The molecule has 2 heteroatoms. The summed E-state index contributed by atoms with van der Waals surface area (Å²) in [6.45, 7) is 0. The molecule has 0 unspecified atom stereocenters. The van der Waals surface area contributed by atoms with Gasteiger partial charge in [-0.3, -0.25) is 0 Å². The average molecular weight is 453 g/mol. The molecule has 0 aliphatic carbocycles. The average Bonchev–Trinajstić information content (AvgIpc) is 3.48. The van der Waals surface area contributed by atoms with E-state index in [0.29, 0.717) is 0 Å². The molecular formula is C32H20OS. The summed E-state index contributed by atoms with van der Waals surface area (Å²) in [5.74, 6) is 0. The quantitative estimate of drug-likeness (QED) is 0.260. The van der Waals surface area contributed by atoms with E-state index in [0.717, 1.165) is 11.2 Å². The van der Waals surface area contributed by atoms with E-state index < -0.39 is 0 Å². The lowest BCUT2D eigenvalue weighted by Gasteiger charge is -2.05. The number of fused-ring (bicyclic) bond motifs is 4. The number of para-hydroxylation sites is 1. The first-order valence-corrected chi connectivity index (χ1v) is 12.3. The lowest BCUT2D eigenvalue weighted by molar-refractivity contribution is 0.669. The van der Waals surface area contributed by atoms with Crippen LogP contribution in [0.5, 0.6) is 0 Å². The molecule has 2 heterocycles. The zero-order valence-corrected chi connectivity index (χ0v) is 19.2. The topological polar surface area (TPSA) is 13.1 Å². The van der Waals surface area contributed by atoms with Crippen LogP contribution < -0.4 is 0 Å². The van der Waals surface area contributed by atoms with Crippen LogP contribution in [-0.2, 0) is 0 Å². The summed E-state index contributed by atoms with van der Waals surface area (Å²) < 4.78 is 6.19. The molecule has 0 saturated heterocycles. The standard InChI is InChI=1S/C32H20OS/c1-2-10-21(11-3-1)22-12-8-13-23(20-22)31-24-14-4-5-15-25(24)32(34-31)27-17-9-19-29-30(27)26-16-6-7-18-28(26)33-29/h1-20H. The zero-order chi connectivity index (χ0) is 22.5. The maximum Gasteiger partial charge on any atom is 0.136 e. The van der Waals surface area contributed by atoms with E-state index in [4.69, 9.17) is 4.42 Å². The Balaban J connectivity index is 1.49. The van der Waals surface area contributed by atoms with Crippen LogP contribution in [0, 0.1) is 0 Å². The lowest BCUT2D eigenvalue weighted by Crippen LogP contribution is -1.79. The van der Waals surface area contributed by atoms with E-state index in [-0.39, 0.29) is 0 Å². The van der Waals surface area contributed by atoms with Gasteiger partial charge in [0.05, 0.1) is 0 Å². The van der Waals surface area contributed by atoms with E-state index >= 15 is 0 Å². The molecule has 0 N–H and O–H groups in total. The minimum absolute atomic E-state index is 0.932. The predicted octanol–water partition coefficient (Wildman–Crippen LogP) is 9.80. The fraction of sp³-hybridized carbons (Fsp3) is 0. The van der Waals surface area contributed by atoms with Gasteiger partial charge in [-0.1, -0.05) is 103 Å². The van der Waals surface area contributed by atoms with Gasteiger partial charge in [0.2, 0.25) is 0 Å². The number of hydrogen-bond acceptors (Lipinski definition) is 2. The van der Waals surface area contributed by atoms with E-state index in [1.165, 1.54) is 53.6 Å². The van der Waals surface area contributed by atoms with Crippen LogP contribution in [0.15, 0.2) is 126 Å².